The van der Waals surface area contributed by atoms with Crippen molar-refractivity contribution in [3.63, 3.8) is 0 Å². The van der Waals surface area contributed by atoms with Crippen molar-refractivity contribution in [3.8, 4) is 0 Å². The Morgan fingerprint density at radius 3 is 1.71 bits per heavy atom. The number of nitrogens with two attached hydrogens (primary N) is 2. The van der Waals surface area contributed by atoms with Crippen LogP contribution in [0.2, 0.25) is 0 Å². The van der Waals surface area contributed by atoms with Gasteiger partial charge in [0.2, 0.25) is 41.4 Å². The third kappa shape index (κ3) is 29.6. The maximum atomic E-state index is 14.8. The summed E-state index contributed by atoms with van der Waals surface area (Å²) in [7, 11) is 1.47. The maximum absolute atomic E-state index is 14.8. The highest BCUT2D eigenvalue weighted by Gasteiger charge is 2.30. The summed E-state index contributed by atoms with van der Waals surface area (Å²) in [5, 5.41) is 12.4. The lowest BCUT2D eigenvalue weighted by Gasteiger charge is -2.32. The Balaban J connectivity index is 2.50. The average molecular weight is 1050 g/mol. The van der Waals surface area contributed by atoms with Crippen molar-refractivity contribution in [2.24, 2.45) is 17.4 Å². The number of nitrogens with zero attached hydrogens (tertiary/aromatic N) is 6. The lowest BCUT2D eigenvalue weighted by Crippen LogP contribution is -2.52. The van der Waals surface area contributed by atoms with E-state index in [-0.39, 0.29) is 110 Å². The summed E-state index contributed by atoms with van der Waals surface area (Å²) < 4.78 is 5.13. The van der Waals surface area contributed by atoms with Gasteiger partial charge in [-0.05, 0) is 96.6 Å². The number of aliphatic hydroxyl groups is 1. The van der Waals surface area contributed by atoms with Crippen molar-refractivity contribution >= 4 is 41.4 Å². The topological polar surface area (TPSA) is 232 Å². The molecule has 0 unspecified atom stereocenters. The highest BCUT2D eigenvalue weighted by Crippen LogP contribution is 2.28. The third-order valence-electron chi connectivity index (χ3n) is 13.6. The number of nitrogens with one attached hydrogen (secondary N) is 1. The number of benzene rings is 1. The Hall–Kier alpha value is -5.17. The summed E-state index contributed by atoms with van der Waals surface area (Å²) >= 11 is 0. The van der Waals surface area contributed by atoms with E-state index >= 15 is 0 Å². The molecule has 1 aliphatic carbocycles. The van der Waals surface area contributed by atoms with Gasteiger partial charge in [0.15, 0.2) is 0 Å². The maximum Gasteiger partial charge on any atom is 0.242 e. The second kappa shape index (κ2) is 40.1. The standard InChI is InChI=1S/C57H97N9O9/c1-6-7-8-16-33-62(43-54(71)64(35-20-30-58)45-57(74)66(37-39-75-5)41-51(59)68)55(72)46-65(36-29-48(4)22-18-21-47(2)3)56(73)44-63(34-19-28-50-26-14-15-27-50)53(70)42-61(52(69)40-60-31-38-67)32-17-10-13-25-49-23-11-9-12-24-49/h9,11-12,21,23-24,29,50,60,67H,6-8,10,13-20,22,25-28,30-46,58H2,1-5H3,(H2,59,68)/b48-29+. The van der Waals surface area contributed by atoms with Gasteiger partial charge in [0.1, 0.15) is 6.54 Å². The minimum absolute atomic E-state index is 0.0473. The predicted molar refractivity (Wildman–Crippen MR) is 296 cm³/mol. The fourth-order valence-corrected chi connectivity index (χ4v) is 9.10. The monoisotopic (exact) mass is 1050 g/mol. The van der Waals surface area contributed by atoms with Gasteiger partial charge < -0.3 is 56.0 Å². The molecule has 18 nitrogen and oxygen atoms in total. The first-order valence-electron chi connectivity index (χ1n) is 27.9. The zero-order valence-electron chi connectivity index (χ0n) is 46.7. The number of rotatable bonds is 42. The number of allylic oxidation sites excluding steroid dienone is 3. The van der Waals surface area contributed by atoms with Gasteiger partial charge in [0.05, 0.1) is 52.5 Å². The second-order valence-corrected chi connectivity index (χ2v) is 20.4. The number of aryl methyl sites for hydroxylation is 1. The molecule has 424 valence electrons. The van der Waals surface area contributed by atoms with Crippen LogP contribution in [0.15, 0.2) is 53.6 Å². The molecular weight excluding hydrogens is 955 g/mol. The van der Waals surface area contributed by atoms with E-state index in [1.165, 1.54) is 50.7 Å². The summed E-state index contributed by atoms with van der Waals surface area (Å²) in [6, 6.07) is 10.2. The number of hydrogen-bond acceptors (Lipinski definition) is 11. The Morgan fingerprint density at radius 1 is 0.653 bits per heavy atom. The molecule has 6 N–H and O–H groups in total. The smallest absolute Gasteiger partial charge is 0.242 e. The molecule has 0 radical (unpaired) electrons. The SMILES string of the molecule is CCCCCCN(CC(=O)N(CCCN)CC(=O)N(CCOC)CC(N)=O)C(=O)CN(C/C=C(\C)CCC=C(C)C)C(=O)CN(CCCC1CCCC1)C(=O)CN(CCCCCc1ccccc1)C(=O)CNCCO. The molecule has 1 saturated carbocycles. The molecule has 1 aliphatic rings. The van der Waals surface area contributed by atoms with Crippen molar-refractivity contribution in [3.05, 3.63) is 59.2 Å². The lowest BCUT2D eigenvalue weighted by molar-refractivity contribution is -0.148. The molecule has 1 aromatic carbocycles. The number of ether oxygens (including phenoxy) is 1. The summed E-state index contributed by atoms with van der Waals surface area (Å²) in [6.45, 7) is 7.83. The Morgan fingerprint density at radius 2 is 1.17 bits per heavy atom. The van der Waals surface area contributed by atoms with Gasteiger partial charge >= 0.3 is 0 Å². The van der Waals surface area contributed by atoms with E-state index in [4.69, 9.17) is 16.2 Å². The van der Waals surface area contributed by atoms with Gasteiger partial charge in [0, 0.05) is 52.9 Å². The van der Waals surface area contributed by atoms with Crippen molar-refractivity contribution in [1.82, 2.24) is 34.7 Å². The van der Waals surface area contributed by atoms with E-state index in [1.54, 1.807) is 9.80 Å². The van der Waals surface area contributed by atoms with Crippen LogP contribution in [0.3, 0.4) is 0 Å². The Labute approximate surface area is 449 Å². The number of carbonyl (C=O) groups is 7. The first-order chi connectivity index (χ1) is 36.1. The van der Waals surface area contributed by atoms with Gasteiger partial charge in [-0.1, -0.05) is 112 Å². The molecule has 0 spiro atoms. The number of hydrogen-bond donors (Lipinski definition) is 4. The van der Waals surface area contributed by atoms with Crippen LogP contribution in [-0.4, -0.2) is 194 Å². The Bertz CT molecular complexity index is 1890. The number of carbonyl (C=O) groups excluding carboxylic acids is 7. The van der Waals surface area contributed by atoms with Crippen molar-refractivity contribution < 1.29 is 43.4 Å². The van der Waals surface area contributed by atoms with Crippen LogP contribution >= 0.6 is 0 Å². The van der Waals surface area contributed by atoms with E-state index in [1.807, 2.05) is 45.0 Å². The van der Waals surface area contributed by atoms with E-state index in [0.717, 1.165) is 76.2 Å². The number of aliphatic hydroxyl groups excluding tert-OH is 1. The molecule has 1 fully saturated rings. The first kappa shape index (κ1) is 65.9. The molecule has 2 rings (SSSR count). The largest absolute Gasteiger partial charge is 0.395 e. The fourth-order valence-electron chi connectivity index (χ4n) is 9.10. The number of amides is 7. The van der Waals surface area contributed by atoms with Gasteiger partial charge in [-0.3, -0.25) is 33.6 Å². The minimum Gasteiger partial charge on any atom is -0.395 e. The molecule has 0 aromatic heterocycles. The summed E-state index contributed by atoms with van der Waals surface area (Å²) in [5.74, 6) is -2.67. The summed E-state index contributed by atoms with van der Waals surface area (Å²) in [4.78, 5) is 106. The molecule has 0 heterocycles. The van der Waals surface area contributed by atoms with Crippen LogP contribution in [-0.2, 0) is 44.7 Å². The van der Waals surface area contributed by atoms with Crippen LogP contribution in [0.1, 0.15) is 136 Å². The van der Waals surface area contributed by atoms with Crippen LogP contribution < -0.4 is 16.8 Å². The van der Waals surface area contributed by atoms with Crippen LogP contribution in [0, 0.1) is 5.92 Å². The second-order valence-electron chi connectivity index (χ2n) is 20.4. The predicted octanol–water partition coefficient (Wildman–Crippen LogP) is 4.68. The number of methoxy groups -OCH3 is 1. The minimum atomic E-state index is -0.711. The third-order valence-corrected chi connectivity index (χ3v) is 13.6. The number of primary amides is 1. The van der Waals surface area contributed by atoms with Crippen molar-refractivity contribution in [2.75, 3.05) is 118 Å². The van der Waals surface area contributed by atoms with E-state index < -0.39 is 29.5 Å². The quantitative estimate of drug-likeness (QED) is 0.0519. The van der Waals surface area contributed by atoms with Crippen LogP contribution in [0.5, 0.6) is 0 Å². The molecular formula is C57H97N9O9. The van der Waals surface area contributed by atoms with Crippen LogP contribution in [0.4, 0.5) is 0 Å². The van der Waals surface area contributed by atoms with Crippen molar-refractivity contribution in [2.45, 2.75) is 137 Å². The highest BCUT2D eigenvalue weighted by molar-refractivity contribution is 5.93. The average Bonchev–Trinajstić information content (AvgIpc) is 3.91. The molecule has 1 aromatic rings. The highest BCUT2D eigenvalue weighted by atomic mass is 16.5. The van der Waals surface area contributed by atoms with Gasteiger partial charge in [0.25, 0.3) is 0 Å². The molecule has 18 heteroatoms. The van der Waals surface area contributed by atoms with E-state index in [2.05, 4.69) is 30.4 Å². The summed E-state index contributed by atoms with van der Waals surface area (Å²) in [6.07, 6.45) is 18.9. The molecule has 0 atom stereocenters. The molecule has 0 saturated heterocycles. The van der Waals surface area contributed by atoms with Crippen molar-refractivity contribution in [1.29, 1.82) is 0 Å². The number of unbranched alkanes of at least 4 members (excludes halogenated alkanes) is 5. The fraction of sp³-hybridized carbons (Fsp3) is 0.702. The Kier molecular flexibility index (Phi) is 35.3. The summed E-state index contributed by atoms with van der Waals surface area (Å²) in [5.41, 5.74) is 14.8. The van der Waals surface area contributed by atoms with Gasteiger partial charge in [-0.2, -0.15) is 0 Å². The first-order valence-corrected chi connectivity index (χ1v) is 27.9. The zero-order chi connectivity index (χ0) is 55.2. The zero-order valence-corrected chi connectivity index (χ0v) is 46.7. The molecule has 0 bridgehead atoms. The lowest BCUT2D eigenvalue weighted by atomic mass is 10.0. The normalized spacial score (nSPS) is 12.5. The van der Waals surface area contributed by atoms with Gasteiger partial charge in [-0.25, -0.2) is 0 Å². The molecule has 0 aliphatic heterocycles. The van der Waals surface area contributed by atoms with Gasteiger partial charge in [-0.15, -0.1) is 0 Å². The van der Waals surface area contributed by atoms with E-state index in [0.29, 0.717) is 44.7 Å². The molecule has 75 heavy (non-hydrogen) atoms. The molecule has 7 amide bonds. The van der Waals surface area contributed by atoms with Crippen LogP contribution in [0.25, 0.3) is 0 Å². The van der Waals surface area contributed by atoms with E-state index in [9.17, 15) is 38.7 Å².